The zero-order chi connectivity index (χ0) is 12.0. The van der Waals surface area contributed by atoms with E-state index in [0.29, 0.717) is 6.54 Å². The average Bonchev–Trinajstić information content (AvgIpc) is 2.36. The molecule has 0 aliphatic carbocycles. The van der Waals surface area contributed by atoms with Crippen LogP contribution < -0.4 is 5.73 Å². The Morgan fingerprint density at radius 3 is 2.00 bits per heavy atom. The summed E-state index contributed by atoms with van der Waals surface area (Å²) in [5, 5.41) is 0. The van der Waals surface area contributed by atoms with Crippen molar-refractivity contribution in [2.24, 2.45) is 5.73 Å². The van der Waals surface area contributed by atoms with Gasteiger partial charge in [0, 0.05) is 20.8 Å². The molecule has 0 saturated carbocycles. The van der Waals surface area contributed by atoms with Crippen LogP contribution in [0.15, 0.2) is 24.3 Å². The second-order valence-electron chi connectivity index (χ2n) is 4.06. The monoisotopic (exact) mass is 239 g/mol. The summed E-state index contributed by atoms with van der Waals surface area (Å²) < 4.78 is 10.9. The summed E-state index contributed by atoms with van der Waals surface area (Å²) in [6.07, 6.45) is 0.995. The van der Waals surface area contributed by atoms with Crippen LogP contribution in [0.5, 0.6) is 0 Å². The zero-order valence-electron chi connectivity index (χ0n) is 10.3. The highest BCUT2D eigenvalue weighted by Gasteiger charge is 2.27. The number of benzene rings is 1. The van der Waals surface area contributed by atoms with Crippen LogP contribution in [-0.2, 0) is 21.8 Å². The van der Waals surface area contributed by atoms with E-state index in [1.165, 1.54) is 11.1 Å². The minimum Gasteiger partial charge on any atom is -0.398 e. The van der Waals surface area contributed by atoms with Crippen molar-refractivity contribution in [1.82, 2.24) is 0 Å². The van der Waals surface area contributed by atoms with Crippen molar-refractivity contribution < 1.29 is 8.85 Å². The first-order valence-electron chi connectivity index (χ1n) is 5.52. The van der Waals surface area contributed by atoms with Crippen LogP contribution in [0.2, 0.25) is 12.6 Å². The van der Waals surface area contributed by atoms with E-state index < -0.39 is 8.56 Å². The Morgan fingerprint density at radius 1 is 1.06 bits per heavy atom. The first-order valence-corrected chi connectivity index (χ1v) is 8.04. The van der Waals surface area contributed by atoms with E-state index in [2.05, 4.69) is 30.8 Å². The fourth-order valence-electron chi connectivity index (χ4n) is 1.50. The van der Waals surface area contributed by atoms with E-state index in [0.717, 1.165) is 12.5 Å². The molecule has 1 rings (SSSR count). The molecule has 0 unspecified atom stereocenters. The van der Waals surface area contributed by atoms with Crippen molar-refractivity contribution >= 4 is 8.56 Å². The SMILES string of the molecule is CO[Si](C)(CCc1ccc(CN)cc1)OC. The van der Waals surface area contributed by atoms with Gasteiger partial charge in [0.25, 0.3) is 0 Å². The van der Waals surface area contributed by atoms with Gasteiger partial charge in [0.15, 0.2) is 0 Å². The lowest BCUT2D eigenvalue weighted by Crippen LogP contribution is -2.36. The molecule has 16 heavy (non-hydrogen) atoms. The molecule has 1 aromatic carbocycles. The molecule has 0 atom stereocenters. The average molecular weight is 239 g/mol. The third-order valence-corrected chi connectivity index (χ3v) is 5.88. The first kappa shape index (κ1) is 13.4. The van der Waals surface area contributed by atoms with Crippen molar-refractivity contribution in [3.8, 4) is 0 Å². The van der Waals surface area contributed by atoms with Crippen LogP contribution in [0.25, 0.3) is 0 Å². The highest BCUT2D eigenvalue weighted by molar-refractivity contribution is 6.65. The normalized spacial score (nSPS) is 11.8. The van der Waals surface area contributed by atoms with Gasteiger partial charge in [-0.3, -0.25) is 0 Å². The minimum atomic E-state index is -1.93. The van der Waals surface area contributed by atoms with Crippen LogP contribution in [-0.4, -0.2) is 22.8 Å². The highest BCUT2D eigenvalue weighted by atomic mass is 28.4. The van der Waals surface area contributed by atoms with Crippen molar-refractivity contribution in [3.63, 3.8) is 0 Å². The molecule has 4 heteroatoms. The second kappa shape index (κ2) is 6.15. The maximum Gasteiger partial charge on any atom is 0.334 e. The molecule has 0 amide bonds. The van der Waals surface area contributed by atoms with Gasteiger partial charge in [0.05, 0.1) is 0 Å². The maximum absolute atomic E-state index is 5.55. The third-order valence-electron chi connectivity index (χ3n) is 2.99. The second-order valence-corrected chi connectivity index (χ2v) is 7.65. The molecule has 0 aliphatic rings. The molecule has 0 spiro atoms. The summed E-state index contributed by atoms with van der Waals surface area (Å²) in [5.41, 5.74) is 8.03. The summed E-state index contributed by atoms with van der Waals surface area (Å²) >= 11 is 0. The van der Waals surface area contributed by atoms with Crippen LogP contribution in [0.1, 0.15) is 11.1 Å². The molecular formula is C12H21NO2Si. The number of hydrogen-bond acceptors (Lipinski definition) is 3. The van der Waals surface area contributed by atoms with Gasteiger partial charge in [0.2, 0.25) is 0 Å². The molecule has 0 bridgehead atoms. The molecule has 90 valence electrons. The predicted molar refractivity (Wildman–Crippen MR) is 68.5 cm³/mol. The van der Waals surface area contributed by atoms with Crippen LogP contribution >= 0.6 is 0 Å². The Morgan fingerprint density at radius 2 is 1.56 bits per heavy atom. The Labute approximate surface area is 98.8 Å². The number of rotatable bonds is 6. The predicted octanol–water partition coefficient (Wildman–Crippen LogP) is 2.05. The Kier molecular flexibility index (Phi) is 5.14. The van der Waals surface area contributed by atoms with Gasteiger partial charge in [0.1, 0.15) is 0 Å². The smallest absolute Gasteiger partial charge is 0.334 e. The molecule has 0 aromatic heterocycles. The molecule has 2 N–H and O–H groups in total. The molecular weight excluding hydrogens is 218 g/mol. The highest BCUT2D eigenvalue weighted by Crippen LogP contribution is 2.16. The number of hydrogen-bond donors (Lipinski definition) is 1. The van der Waals surface area contributed by atoms with E-state index in [1.807, 2.05) is 0 Å². The zero-order valence-corrected chi connectivity index (χ0v) is 11.3. The summed E-state index contributed by atoms with van der Waals surface area (Å²) in [6.45, 7) is 2.68. The molecule has 0 aliphatic heterocycles. The van der Waals surface area contributed by atoms with Crippen molar-refractivity contribution in [2.45, 2.75) is 25.6 Å². The van der Waals surface area contributed by atoms with Gasteiger partial charge < -0.3 is 14.6 Å². The number of nitrogens with two attached hydrogens (primary N) is 1. The van der Waals surface area contributed by atoms with Crippen molar-refractivity contribution in [2.75, 3.05) is 14.2 Å². The molecule has 1 aromatic rings. The summed E-state index contributed by atoms with van der Waals surface area (Å²) in [6, 6.07) is 9.38. The fourth-order valence-corrected chi connectivity index (χ4v) is 2.82. The Bertz CT molecular complexity index is 309. The van der Waals surface area contributed by atoms with Gasteiger partial charge in [-0.2, -0.15) is 0 Å². The minimum absolute atomic E-state index is 0.600. The van der Waals surface area contributed by atoms with Crippen molar-refractivity contribution in [1.29, 1.82) is 0 Å². The lowest BCUT2D eigenvalue weighted by molar-refractivity contribution is 0.249. The third kappa shape index (κ3) is 3.72. The molecule has 0 radical (unpaired) electrons. The fraction of sp³-hybridized carbons (Fsp3) is 0.500. The lowest BCUT2D eigenvalue weighted by Gasteiger charge is -2.22. The van der Waals surface area contributed by atoms with Gasteiger partial charge in [-0.25, -0.2) is 0 Å². The van der Waals surface area contributed by atoms with E-state index >= 15 is 0 Å². The van der Waals surface area contributed by atoms with Gasteiger partial charge in [-0.15, -0.1) is 0 Å². The van der Waals surface area contributed by atoms with Crippen LogP contribution in [0.3, 0.4) is 0 Å². The lowest BCUT2D eigenvalue weighted by atomic mass is 10.1. The Hall–Kier alpha value is -0.683. The largest absolute Gasteiger partial charge is 0.398 e. The standard InChI is InChI=1S/C12H21NO2Si/c1-14-16(3,15-2)9-8-11-4-6-12(10-13)7-5-11/h4-7H,8-10,13H2,1-3H3. The van der Waals surface area contributed by atoms with E-state index in [4.69, 9.17) is 14.6 Å². The first-order chi connectivity index (χ1) is 7.63. The maximum atomic E-state index is 5.55. The molecule has 3 nitrogen and oxygen atoms in total. The Balaban J connectivity index is 2.54. The van der Waals surface area contributed by atoms with E-state index in [9.17, 15) is 0 Å². The van der Waals surface area contributed by atoms with E-state index in [1.54, 1.807) is 14.2 Å². The quantitative estimate of drug-likeness (QED) is 0.773. The van der Waals surface area contributed by atoms with Gasteiger partial charge in [-0.05, 0) is 30.1 Å². The summed E-state index contributed by atoms with van der Waals surface area (Å²) in [4.78, 5) is 0. The molecule has 0 heterocycles. The van der Waals surface area contributed by atoms with E-state index in [-0.39, 0.29) is 0 Å². The van der Waals surface area contributed by atoms with Crippen LogP contribution in [0, 0.1) is 0 Å². The van der Waals surface area contributed by atoms with Crippen LogP contribution in [0.4, 0.5) is 0 Å². The molecule has 0 saturated heterocycles. The van der Waals surface area contributed by atoms with Crippen molar-refractivity contribution in [3.05, 3.63) is 35.4 Å². The molecule has 0 fully saturated rings. The number of aryl methyl sites for hydroxylation is 1. The summed E-state index contributed by atoms with van der Waals surface area (Å²) in [5.74, 6) is 0. The van der Waals surface area contributed by atoms with Gasteiger partial charge >= 0.3 is 8.56 Å². The topological polar surface area (TPSA) is 44.5 Å². The van der Waals surface area contributed by atoms with Gasteiger partial charge in [-0.1, -0.05) is 24.3 Å². The summed E-state index contributed by atoms with van der Waals surface area (Å²) in [7, 11) is 1.53.